The summed E-state index contributed by atoms with van der Waals surface area (Å²) < 4.78 is 77.8. The van der Waals surface area contributed by atoms with Gasteiger partial charge in [0.1, 0.15) is 12.4 Å². The first-order valence-electron chi connectivity index (χ1n) is 11.6. The Balaban J connectivity index is 2.08. The molecule has 0 radical (unpaired) electrons. The molecule has 1 aromatic carbocycles. The number of benzene rings is 1. The van der Waals surface area contributed by atoms with Gasteiger partial charge in [-0.15, -0.1) is 0 Å². The Morgan fingerprint density at radius 1 is 1.22 bits per heavy atom. The summed E-state index contributed by atoms with van der Waals surface area (Å²) in [5, 5.41) is 0. The lowest BCUT2D eigenvalue weighted by Crippen LogP contribution is -2.30. The fraction of sp³-hybridized carbons (Fsp3) is 0.583. The van der Waals surface area contributed by atoms with Crippen molar-refractivity contribution in [2.24, 2.45) is 12.0 Å². The lowest BCUT2D eigenvalue weighted by molar-refractivity contribution is -0.137. The lowest BCUT2D eigenvalue weighted by Gasteiger charge is -2.21. The van der Waals surface area contributed by atoms with E-state index in [1.807, 2.05) is 32.5 Å². The van der Waals surface area contributed by atoms with Crippen molar-refractivity contribution in [2.75, 3.05) is 25.2 Å². The Labute approximate surface area is 208 Å². The molecule has 1 aromatic heterocycles. The molecule has 8 nitrogen and oxygen atoms in total. The minimum Gasteiger partial charge on any atom is -0.492 e. The molecule has 12 heteroatoms. The van der Waals surface area contributed by atoms with Gasteiger partial charge in [0.2, 0.25) is 0 Å². The van der Waals surface area contributed by atoms with Crippen LogP contribution < -0.4 is 10.2 Å². The summed E-state index contributed by atoms with van der Waals surface area (Å²) >= 11 is 0. The zero-order valence-electron chi connectivity index (χ0n) is 21.1. The SMILES string of the molecule is Cn1c(C(C)(C)C)cc(=NC(=O)c2cc(C(F)(F)F)ccc2OCCS(C)(=O)=O)n1C[C@H]1CCCO1. The molecule has 3 rings (SSSR count). The van der Waals surface area contributed by atoms with Gasteiger partial charge in [0.25, 0.3) is 5.91 Å². The third kappa shape index (κ3) is 7.00. The second-order valence-corrected chi connectivity index (χ2v) is 12.2. The number of carbonyl (C=O) groups is 1. The van der Waals surface area contributed by atoms with Gasteiger partial charge < -0.3 is 9.47 Å². The Bertz CT molecular complexity index is 1280. The molecule has 1 saturated heterocycles. The molecule has 0 bridgehead atoms. The van der Waals surface area contributed by atoms with Gasteiger partial charge in [-0.1, -0.05) is 20.8 Å². The van der Waals surface area contributed by atoms with Crippen molar-refractivity contribution in [3.63, 3.8) is 0 Å². The number of halogens is 3. The zero-order chi connectivity index (χ0) is 26.9. The molecule has 0 aliphatic carbocycles. The van der Waals surface area contributed by atoms with Gasteiger partial charge >= 0.3 is 6.18 Å². The van der Waals surface area contributed by atoms with Crippen molar-refractivity contribution >= 4 is 15.7 Å². The van der Waals surface area contributed by atoms with Crippen LogP contribution in [0.5, 0.6) is 5.75 Å². The highest BCUT2D eigenvalue weighted by atomic mass is 32.2. The number of amides is 1. The maximum atomic E-state index is 13.4. The molecule has 1 aliphatic rings. The molecule has 0 saturated carbocycles. The average molecular weight is 532 g/mol. The first kappa shape index (κ1) is 28.0. The van der Waals surface area contributed by atoms with Crippen LogP contribution in [-0.4, -0.2) is 55.0 Å². The predicted molar refractivity (Wildman–Crippen MR) is 128 cm³/mol. The van der Waals surface area contributed by atoms with E-state index in [1.165, 1.54) is 0 Å². The molecule has 0 spiro atoms. The van der Waals surface area contributed by atoms with Crippen LogP contribution >= 0.6 is 0 Å². The van der Waals surface area contributed by atoms with E-state index in [0.29, 0.717) is 19.2 Å². The topological polar surface area (TPSA) is 91.9 Å². The molecular formula is C24H32F3N3O5S. The minimum absolute atomic E-state index is 0.0658. The predicted octanol–water partition coefficient (Wildman–Crippen LogP) is 3.49. The Morgan fingerprint density at radius 2 is 1.92 bits per heavy atom. The molecular weight excluding hydrogens is 499 g/mol. The van der Waals surface area contributed by atoms with Crippen LogP contribution in [0.1, 0.15) is 55.2 Å². The molecule has 2 aromatic rings. The maximum Gasteiger partial charge on any atom is 0.416 e. The van der Waals surface area contributed by atoms with Crippen LogP contribution in [0.3, 0.4) is 0 Å². The smallest absolute Gasteiger partial charge is 0.416 e. The van der Waals surface area contributed by atoms with E-state index in [9.17, 15) is 26.4 Å². The number of nitrogens with zero attached hydrogens (tertiary/aromatic N) is 3. The van der Waals surface area contributed by atoms with E-state index in [2.05, 4.69) is 4.99 Å². The quantitative estimate of drug-likeness (QED) is 0.546. The largest absolute Gasteiger partial charge is 0.492 e. The van der Waals surface area contributed by atoms with Crippen molar-refractivity contribution in [1.82, 2.24) is 9.36 Å². The highest BCUT2D eigenvalue weighted by Gasteiger charge is 2.32. The fourth-order valence-electron chi connectivity index (χ4n) is 4.03. The van der Waals surface area contributed by atoms with Gasteiger partial charge in [-0.3, -0.25) is 14.2 Å². The molecule has 0 N–H and O–H groups in total. The van der Waals surface area contributed by atoms with Crippen LogP contribution in [-0.2, 0) is 39.8 Å². The van der Waals surface area contributed by atoms with Gasteiger partial charge in [0.05, 0.1) is 29.5 Å². The standard InChI is InChI=1S/C24H32F3N3O5S/c1-23(2,3)20-14-21(30(29(20)4)15-17-7-6-10-34-17)28-22(31)18-13-16(24(25,26)27)8-9-19(18)35-11-12-36(5,32)33/h8-9,13-14,17H,6-7,10-12,15H2,1-5H3/t17-/m1/s1. The van der Waals surface area contributed by atoms with Crippen LogP contribution in [0, 0.1) is 0 Å². The van der Waals surface area contributed by atoms with Gasteiger partial charge in [-0.05, 0) is 31.0 Å². The molecule has 1 aliphatic heterocycles. The number of ether oxygens (including phenoxy) is 2. The lowest BCUT2D eigenvalue weighted by atomic mass is 9.92. The van der Waals surface area contributed by atoms with E-state index in [0.717, 1.165) is 36.9 Å². The second-order valence-electron chi connectivity index (χ2n) is 9.98. The van der Waals surface area contributed by atoms with Crippen molar-refractivity contribution in [3.8, 4) is 5.75 Å². The number of hydrogen-bond donors (Lipinski definition) is 0. The molecule has 2 heterocycles. The van der Waals surface area contributed by atoms with Crippen molar-refractivity contribution < 1.29 is 35.9 Å². The third-order valence-electron chi connectivity index (χ3n) is 5.88. The molecule has 200 valence electrons. The summed E-state index contributed by atoms with van der Waals surface area (Å²) in [7, 11) is -1.54. The van der Waals surface area contributed by atoms with E-state index in [1.54, 1.807) is 10.7 Å². The van der Waals surface area contributed by atoms with Crippen LogP contribution in [0.2, 0.25) is 0 Å². The van der Waals surface area contributed by atoms with Crippen molar-refractivity contribution in [1.29, 1.82) is 0 Å². The Hall–Kier alpha value is -2.60. The molecule has 0 unspecified atom stereocenters. The van der Waals surface area contributed by atoms with Crippen molar-refractivity contribution in [3.05, 3.63) is 46.6 Å². The van der Waals surface area contributed by atoms with Crippen LogP contribution in [0.25, 0.3) is 0 Å². The molecule has 1 fully saturated rings. The summed E-state index contributed by atoms with van der Waals surface area (Å²) in [5.74, 6) is -1.45. The van der Waals surface area contributed by atoms with E-state index < -0.39 is 33.0 Å². The number of alkyl halides is 3. The van der Waals surface area contributed by atoms with Gasteiger partial charge in [0.15, 0.2) is 15.3 Å². The first-order valence-corrected chi connectivity index (χ1v) is 13.6. The summed E-state index contributed by atoms with van der Waals surface area (Å²) in [4.78, 5) is 17.4. The second kappa shape index (κ2) is 10.4. The van der Waals surface area contributed by atoms with Gasteiger partial charge in [-0.2, -0.15) is 18.2 Å². The summed E-state index contributed by atoms with van der Waals surface area (Å²) in [5.41, 5.74) is -0.571. The van der Waals surface area contributed by atoms with Crippen molar-refractivity contribution in [2.45, 2.75) is 57.9 Å². The zero-order valence-corrected chi connectivity index (χ0v) is 21.9. The van der Waals surface area contributed by atoms with Gasteiger partial charge in [-0.25, -0.2) is 8.42 Å². The summed E-state index contributed by atoms with van der Waals surface area (Å²) in [6, 6.07) is 4.22. The summed E-state index contributed by atoms with van der Waals surface area (Å²) in [6.45, 7) is 6.77. The Morgan fingerprint density at radius 3 is 2.47 bits per heavy atom. The normalized spacial score (nSPS) is 17.6. The maximum absolute atomic E-state index is 13.4. The third-order valence-corrected chi connectivity index (χ3v) is 6.78. The number of aromatic nitrogens is 2. The summed E-state index contributed by atoms with van der Waals surface area (Å²) in [6.07, 6.45) is -1.97. The van der Waals surface area contributed by atoms with Gasteiger partial charge in [0, 0.05) is 37.1 Å². The fourth-order valence-corrected chi connectivity index (χ4v) is 4.42. The Kier molecular flexibility index (Phi) is 8.09. The highest BCUT2D eigenvalue weighted by molar-refractivity contribution is 7.90. The number of sulfone groups is 1. The van der Waals surface area contributed by atoms with E-state index >= 15 is 0 Å². The van der Waals surface area contributed by atoms with Crippen LogP contribution in [0.4, 0.5) is 13.2 Å². The monoisotopic (exact) mass is 531 g/mol. The minimum atomic E-state index is -4.69. The highest BCUT2D eigenvalue weighted by Crippen LogP contribution is 2.33. The molecule has 1 atom stereocenters. The molecule has 1 amide bonds. The number of carbonyl (C=O) groups excluding carboxylic acids is 1. The van der Waals surface area contributed by atoms with E-state index in [4.69, 9.17) is 9.47 Å². The first-order chi connectivity index (χ1) is 16.6. The number of rotatable bonds is 7. The van der Waals surface area contributed by atoms with E-state index in [-0.39, 0.29) is 35.1 Å². The number of hydrogen-bond acceptors (Lipinski definition) is 5. The van der Waals surface area contributed by atoms with Crippen LogP contribution in [0.15, 0.2) is 29.3 Å². The average Bonchev–Trinajstić information content (AvgIpc) is 3.35. The molecule has 36 heavy (non-hydrogen) atoms.